The van der Waals surface area contributed by atoms with Crippen molar-refractivity contribution < 1.29 is 15.0 Å². The maximum Gasteiger partial charge on any atom is 0.240 e. The Bertz CT molecular complexity index is 1410. The van der Waals surface area contributed by atoms with Crippen LogP contribution in [0.25, 0.3) is 0 Å². The second kappa shape index (κ2) is 13.0. The SMILES string of the molecule is C[C@H](CO)Nc1nc(Nc2cccc(S(=O)(=O)NCCC(c3ccccc3)c3ccccc3)c2)ncc1Br.[HH]. The van der Waals surface area contributed by atoms with Crippen molar-refractivity contribution >= 4 is 43.4 Å². The van der Waals surface area contributed by atoms with Gasteiger partial charge in [0.25, 0.3) is 0 Å². The van der Waals surface area contributed by atoms with Gasteiger partial charge in [-0.1, -0.05) is 66.7 Å². The highest BCUT2D eigenvalue weighted by molar-refractivity contribution is 9.10. The standard InChI is InChI=1S/C28H30BrN5O3S.H2/c1-20(19-35)32-27-26(29)18-30-28(34-27)33-23-13-8-14-24(17-23)38(36,37)31-16-15-25(21-9-4-2-5-10-21)22-11-6-3-7-12-22;/h2-14,17-18,20,25,31,35H,15-16,19H2,1H3,(H2,30,32,33,34);1H/t20-;/m1./s1. The van der Waals surface area contributed by atoms with E-state index in [0.717, 1.165) is 11.1 Å². The van der Waals surface area contributed by atoms with Gasteiger partial charge in [0.15, 0.2) is 0 Å². The molecule has 1 aromatic heterocycles. The molecule has 3 aromatic carbocycles. The van der Waals surface area contributed by atoms with E-state index < -0.39 is 10.0 Å². The largest absolute Gasteiger partial charge is 0.394 e. The number of aliphatic hydroxyl groups is 1. The van der Waals surface area contributed by atoms with Gasteiger partial charge in [0.05, 0.1) is 16.0 Å². The Balaban J connectivity index is 0.00000420. The summed E-state index contributed by atoms with van der Waals surface area (Å²) in [6.07, 6.45) is 2.19. The Hall–Kier alpha value is -3.31. The number of benzene rings is 3. The van der Waals surface area contributed by atoms with Gasteiger partial charge < -0.3 is 15.7 Å². The van der Waals surface area contributed by atoms with Crippen LogP contribution >= 0.6 is 15.9 Å². The number of sulfonamides is 1. The van der Waals surface area contributed by atoms with Gasteiger partial charge in [-0.2, -0.15) is 4.98 Å². The van der Waals surface area contributed by atoms with Gasteiger partial charge in [-0.3, -0.25) is 0 Å². The predicted molar refractivity (Wildman–Crippen MR) is 156 cm³/mol. The molecule has 4 aromatic rings. The van der Waals surface area contributed by atoms with Crippen LogP contribution in [-0.2, 0) is 10.0 Å². The van der Waals surface area contributed by atoms with Crippen molar-refractivity contribution in [2.75, 3.05) is 23.8 Å². The van der Waals surface area contributed by atoms with E-state index in [1.165, 1.54) is 0 Å². The van der Waals surface area contributed by atoms with Gasteiger partial charge in [-0.25, -0.2) is 18.1 Å². The summed E-state index contributed by atoms with van der Waals surface area (Å²) in [5.41, 5.74) is 2.81. The number of aliphatic hydroxyl groups excluding tert-OH is 1. The molecule has 8 nitrogen and oxygen atoms in total. The molecule has 0 saturated heterocycles. The third kappa shape index (κ3) is 7.38. The molecule has 10 heteroatoms. The molecule has 0 spiro atoms. The predicted octanol–water partition coefficient (Wildman–Crippen LogP) is 5.52. The minimum atomic E-state index is -3.75. The van der Waals surface area contributed by atoms with Crippen LogP contribution in [0.2, 0.25) is 0 Å². The van der Waals surface area contributed by atoms with Crippen LogP contribution in [0.15, 0.2) is 100 Å². The van der Waals surface area contributed by atoms with E-state index in [1.54, 1.807) is 30.5 Å². The van der Waals surface area contributed by atoms with Crippen LogP contribution in [0.1, 0.15) is 31.8 Å². The van der Waals surface area contributed by atoms with E-state index >= 15 is 0 Å². The number of anilines is 3. The summed E-state index contributed by atoms with van der Waals surface area (Å²) in [6, 6.07) is 26.5. The van der Waals surface area contributed by atoms with E-state index in [4.69, 9.17) is 0 Å². The number of hydrogen-bond donors (Lipinski definition) is 4. The fourth-order valence-electron chi connectivity index (χ4n) is 4.00. The van der Waals surface area contributed by atoms with Gasteiger partial charge in [0.2, 0.25) is 16.0 Å². The number of halogens is 1. The van der Waals surface area contributed by atoms with E-state index in [9.17, 15) is 13.5 Å². The second-order valence-electron chi connectivity index (χ2n) is 8.83. The normalized spacial score (nSPS) is 12.3. The third-order valence-corrected chi connectivity index (χ3v) is 7.97. The molecule has 0 radical (unpaired) electrons. The van der Waals surface area contributed by atoms with Crippen LogP contribution in [0.3, 0.4) is 0 Å². The summed E-state index contributed by atoms with van der Waals surface area (Å²) in [4.78, 5) is 8.81. The first kappa shape index (κ1) is 27.7. The highest BCUT2D eigenvalue weighted by Crippen LogP contribution is 2.28. The Morgan fingerprint density at radius 2 is 1.63 bits per heavy atom. The van der Waals surface area contributed by atoms with Gasteiger partial charge >= 0.3 is 0 Å². The van der Waals surface area contributed by atoms with Crippen molar-refractivity contribution in [3.05, 3.63) is 107 Å². The molecule has 200 valence electrons. The highest BCUT2D eigenvalue weighted by Gasteiger charge is 2.18. The third-order valence-electron chi connectivity index (χ3n) is 5.93. The maximum absolute atomic E-state index is 13.1. The first-order valence-electron chi connectivity index (χ1n) is 12.2. The Morgan fingerprint density at radius 1 is 0.974 bits per heavy atom. The lowest BCUT2D eigenvalue weighted by atomic mass is 9.89. The minimum absolute atomic E-state index is 0. The van der Waals surface area contributed by atoms with Gasteiger partial charge in [0.1, 0.15) is 5.82 Å². The molecule has 0 aliphatic heterocycles. The topological polar surface area (TPSA) is 116 Å². The van der Waals surface area contributed by atoms with Crippen molar-refractivity contribution in [3.63, 3.8) is 0 Å². The van der Waals surface area contributed by atoms with Gasteiger partial charge in [-0.15, -0.1) is 0 Å². The zero-order valence-corrected chi connectivity index (χ0v) is 23.3. The first-order valence-corrected chi connectivity index (χ1v) is 14.5. The van der Waals surface area contributed by atoms with E-state index in [-0.39, 0.29) is 37.4 Å². The fourth-order valence-corrected chi connectivity index (χ4v) is 5.39. The minimum Gasteiger partial charge on any atom is -0.394 e. The number of hydrogen-bond acceptors (Lipinski definition) is 7. The molecule has 0 fully saturated rings. The molecule has 1 atom stereocenters. The Morgan fingerprint density at radius 3 is 2.26 bits per heavy atom. The summed E-state index contributed by atoms with van der Waals surface area (Å²) in [7, 11) is -3.75. The van der Waals surface area contributed by atoms with Crippen molar-refractivity contribution in [2.24, 2.45) is 0 Å². The molecule has 0 bridgehead atoms. The molecule has 38 heavy (non-hydrogen) atoms. The Labute approximate surface area is 233 Å². The molecule has 0 saturated carbocycles. The van der Waals surface area contributed by atoms with Crippen LogP contribution in [0.4, 0.5) is 17.5 Å². The van der Waals surface area contributed by atoms with Crippen molar-refractivity contribution in [1.82, 2.24) is 14.7 Å². The van der Waals surface area contributed by atoms with Crippen LogP contribution in [0, 0.1) is 0 Å². The lowest BCUT2D eigenvalue weighted by molar-refractivity contribution is 0.281. The number of rotatable bonds is 12. The van der Waals surface area contributed by atoms with Gasteiger partial charge in [-0.05, 0) is 58.6 Å². The molecule has 0 unspecified atom stereocenters. The monoisotopic (exact) mass is 597 g/mol. The number of aromatic nitrogens is 2. The van der Waals surface area contributed by atoms with Crippen LogP contribution < -0.4 is 15.4 Å². The summed E-state index contributed by atoms with van der Waals surface area (Å²) < 4.78 is 29.7. The molecule has 0 aliphatic rings. The van der Waals surface area contributed by atoms with Crippen molar-refractivity contribution in [3.8, 4) is 0 Å². The van der Waals surface area contributed by atoms with Crippen LogP contribution in [0.5, 0.6) is 0 Å². The lowest BCUT2D eigenvalue weighted by Gasteiger charge is -2.18. The smallest absolute Gasteiger partial charge is 0.240 e. The average Bonchev–Trinajstić information content (AvgIpc) is 2.94. The van der Waals surface area contributed by atoms with Crippen LogP contribution in [-0.4, -0.2) is 42.7 Å². The zero-order chi connectivity index (χ0) is 27.0. The lowest BCUT2D eigenvalue weighted by Crippen LogP contribution is -2.26. The second-order valence-corrected chi connectivity index (χ2v) is 11.5. The number of nitrogens with zero attached hydrogens (tertiary/aromatic N) is 2. The molecule has 1 heterocycles. The van der Waals surface area contributed by atoms with E-state index in [2.05, 4.69) is 65.5 Å². The maximum atomic E-state index is 13.1. The molecular weight excluding hydrogens is 566 g/mol. The highest BCUT2D eigenvalue weighted by atomic mass is 79.9. The molecular formula is C28H32BrN5O3S. The quantitative estimate of drug-likeness (QED) is 0.170. The summed E-state index contributed by atoms with van der Waals surface area (Å²) in [5, 5.41) is 15.4. The van der Waals surface area contributed by atoms with E-state index in [1.807, 2.05) is 43.3 Å². The van der Waals surface area contributed by atoms with Gasteiger partial charge in [0, 0.05) is 31.8 Å². The first-order chi connectivity index (χ1) is 18.4. The average molecular weight is 599 g/mol. The summed E-state index contributed by atoms with van der Waals surface area (Å²) >= 11 is 3.39. The molecule has 0 amide bonds. The molecule has 4 N–H and O–H groups in total. The Kier molecular flexibility index (Phi) is 9.46. The summed E-state index contributed by atoms with van der Waals surface area (Å²) in [5.74, 6) is 0.872. The van der Waals surface area contributed by atoms with E-state index in [0.29, 0.717) is 22.4 Å². The number of nitrogens with one attached hydrogen (secondary N) is 3. The molecule has 0 aliphatic carbocycles. The fraction of sp³-hybridized carbons (Fsp3) is 0.214. The van der Waals surface area contributed by atoms with Crippen molar-refractivity contribution in [2.45, 2.75) is 30.2 Å². The zero-order valence-electron chi connectivity index (χ0n) is 20.9. The molecule has 4 rings (SSSR count). The van der Waals surface area contributed by atoms with Crippen molar-refractivity contribution in [1.29, 1.82) is 0 Å². The summed E-state index contributed by atoms with van der Waals surface area (Å²) in [6.45, 7) is 2.05.